The summed E-state index contributed by atoms with van der Waals surface area (Å²) in [6.45, 7) is 1.47. The summed E-state index contributed by atoms with van der Waals surface area (Å²) in [5, 5.41) is 10.7. The van der Waals surface area contributed by atoms with Gasteiger partial charge in [0.2, 0.25) is 0 Å². The third-order valence-corrected chi connectivity index (χ3v) is 3.80. The SMILES string of the molecule is Nc1cnc2ccc(Br)cc2c1N1CCC(O)C1. The molecular formula is C13H14BrN3O. The maximum atomic E-state index is 9.67. The summed E-state index contributed by atoms with van der Waals surface area (Å²) in [5.41, 5.74) is 8.63. The summed E-state index contributed by atoms with van der Waals surface area (Å²) in [4.78, 5) is 6.47. The Bertz CT molecular complexity index is 597. The van der Waals surface area contributed by atoms with E-state index in [0.29, 0.717) is 12.2 Å². The van der Waals surface area contributed by atoms with E-state index in [1.54, 1.807) is 6.20 Å². The molecule has 0 saturated carbocycles. The Labute approximate surface area is 114 Å². The van der Waals surface area contributed by atoms with Gasteiger partial charge in [-0.3, -0.25) is 4.98 Å². The molecule has 0 amide bonds. The number of hydrogen-bond donors (Lipinski definition) is 2. The number of hydrogen-bond acceptors (Lipinski definition) is 4. The average molecular weight is 308 g/mol. The summed E-state index contributed by atoms with van der Waals surface area (Å²) < 4.78 is 1.00. The number of pyridine rings is 1. The van der Waals surface area contributed by atoms with Crippen molar-refractivity contribution in [2.75, 3.05) is 23.7 Å². The molecule has 1 aromatic carbocycles. The van der Waals surface area contributed by atoms with E-state index in [-0.39, 0.29) is 6.10 Å². The number of nitrogens with zero attached hydrogens (tertiary/aromatic N) is 2. The van der Waals surface area contributed by atoms with E-state index < -0.39 is 0 Å². The number of halogens is 1. The molecule has 94 valence electrons. The molecule has 1 saturated heterocycles. The number of fused-ring (bicyclic) bond motifs is 1. The summed E-state index contributed by atoms with van der Waals surface area (Å²) in [6, 6.07) is 5.96. The van der Waals surface area contributed by atoms with Crippen LogP contribution in [0.4, 0.5) is 11.4 Å². The zero-order valence-corrected chi connectivity index (χ0v) is 11.4. The van der Waals surface area contributed by atoms with Crippen molar-refractivity contribution in [2.45, 2.75) is 12.5 Å². The van der Waals surface area contributed by atoms with E-state index in [4.69, 9.17) is 5.73 Å². The van der Waals surface area contributed by atoms with Crippen LogP contribution in [-0.2, 0) is 0 Å². The number of aliphatic hydroxyl groups is 1. The lowest BCUT2D eigenvalue weighted by Gasteiger charge is -2.21. The highest BCUT2D eigenvalue weighted by Gasteiger charge is 2.23. The summed E-state index contributed by atoms with van der Waals surface area (Å²) >= 11 is 3.48. The van der Waals surface area contributed by atoms with Gasteiger partial charge in [-0.05, 0) is 24.6 Å². The number of anilines is 2. The Hall–Kier alpha value is -1.33. The summed E-state index contributed by atoms with van der Waals surface area (Å²) in [6.07, 6.45) is 2.22. The zero-order chi connectivity index (χ0) is 12.7. The molecule has 1 aromatic heterocycles. The summed E-state index contributed by atoms with van der Waals surface area (Å²) in [5.74, 6) is 0. The lowest BCUT2D eigenvalue weighted by Crippen LogP contribution is -2.22. The first kappa shape index (κ1) is 11.7. The predicted molar refractivity (Wildman–Crippen MR) is 76.7 cm³/mol. The van der Waals surface area contributed by atoms with Crippen LogP contribution in [0.15, 0.2) is 28.9 Å². The maximum absolute atomic E-state index is 9.67. The van der Waals surface area contributed by atoms with Crippen LogP contribution in [0.25, 0.3) is 10.9 Å². The molecule has 1 unspecified atom stereocenters. The van der Waals surface area contributed by atoms with Gasteiger partial charge in [-0.2, -0.15) is 0 Å². The first-order chi connectivity index (χ1) is 8.65. The molecule has 3 N–H and O–H groups in total. The van der Waals surface area contributed by atoms with E-state index in [1.165, 1.54) is 0 Å². The Morgan fingerprint density at radius 2 is 2.28 bits per heavy atom. The molecule has 1 fully saturated rings. The molecule has 1 aliphatic rings. The van der Waals surface area contributed by atoms with Gasteiger partial charge in [0.1, 0.15) is 0 Å². The Morgan fingerprint density at radius 3 is 3.00 bits per heavy atom. The third kappa shape index (κ3) is 1.93. The number of nitrogens with two attached hydrogens (primary N) is 1. The molecule has 0 spiro atoms. The Morgan fingerprint density at radius 1 is 1.44 bits per heavy atom. The number of β-amino-alcohol motifs (C(OH)–C–C–N with tert-alkyl or cyclic N) is 1. The molecular weight excluding hydrogens is 294 g/mol. The van der Waals surface area contributed by atoms with Gasteiger partial charge in [0.15, 0.2) is 0 Å². The van der Waals surface area contributed by atoms with Crippen molar-refractivity contribution in [3.63, 3.8) is 0 Å². The smallest absolute Gasteiger partial charge is 0.0745 e. The number of benzene rings is 1. The number of nitrogen functional groups attached to an aromatic ring is 1. The molecule has 2 aromatic rings. The van der Waals surface area contributed by atoms with Gasteiger partial charge in [-0.1, -0.05) is 15.9 Å². The molecule has 0 aliphatic carbocycles. The Balaban J connectivity index is 2.19. The van der Waals surface area contributed by atoms with Crippen molar-refractivity contribution in [2.24, 2.45) is 0 Å². The molecule has 5 heteroatoms. The second-order valence-corrected chi connectivity index (χ2v) is 5.53. The van der Waals surface area contributed by atoms with Gasteiger partial charge in [0.05, 0.1) is 29.2 Å². The van der Waals surface area contributed by atoms with E-state index in [1.807, 2.05) is 18.2 Å². The highest BCUT2D eigenvalue weighted by atomic mass is 79.9. The van der Waals surface area contributed by atoms with Crippen LogP contribution < -0.4 is 10.6 Å². The topological polar surface area (TPSA) is 62.4 Å². The third-order valence-electron chi connectivity index (χ3n) is 3.31. The fourth-order valence-corrected chi connectivity index (χ4v) is 2.83. The van der Waals surface area contributed by atoms with Crippen LogP contribution in [0.2, 0.25) is 0 Å². The van der Waals surface area contributed by atoms with Crippen molar-refractivity contribution in [1.29, 1.82) is 0 Å². The molecule has 0 bridgehead atoms. The van der Waals surface area contributed by atoms with Gasteiger partial charge >= 0.3 is 0 Å². The quantitative estimate of drug-likeness (QED) is 0.847. The number of aromatic nitrogens is 1. The predicted octanol–water partition coefficient (Wildman–Crippen LogP) is 2.15. The first-order valence-corrected chi connectivity index (χ1v) is 6.71. The van der Waals surface area contributed by atoms with Crippen LogP contribution in [0, 0.1) is 0 Å². The minimum absolute atomic E-state index is 0.264. The minimum Gasteiger partial charge on any atom is -0.396 e. The second-order valence-electron chi connectivity index (χ2n) is 4.61. The van der Waals surface area contributed by atoms with E-state index in [0.717, 1.165) is 34.0 Å². The Kier molecular flexibility index (Phi) is 2.87. The molecule has 3 rings (SSSR count). The van der Waals surface area contributed by atoms with Crippen LogP contribution in [0.5, 0.6) is 0 Å². The van der Waals surface area contributed by atoms with Gasteiger partial charge in [-0.15, -0.1) is 0 Å². The molecule has 4 nitrogen and oxygen atoms in total. The summed E-state index contributed by atoms with van der Waals surface area (Å²) in [7, 11) is 0. The van der Waals surface area contributed by atoms with E-state index in [9.17, 15) is 5.11 Å². The number of aliphatic hydroxyl groups excluding tert-OH is 1. The van der Waals surface area contributed by atoms with Crippen molar-refractivity contribution in [3.8, 4) is 0 Å². The zero-order valence-electron chi connectivity index (χ0n) is 9.81. The van der Waals surface area contributed by atoms with Crippen molar-refractivity contribution >= 4 is 38.2 Å². The lowest BCUT2D eigenvalue weighted by atomic mass is 10.1. The monoisotopic (exact) mass is 307 g/mol. The van der Waals surface area contributed by atoms with Crippen LogP contribution in [-0.4, -0.2) is 29.3 Å². The van der Waals surface area contributed by atoms with E-state index >= 15 is 0 Å². The molecule has 1 atom stereocenters. The molecule has 0 radical (unpaired) electrons. The van der Waals surface area contributed by atoms with Crippen LogP contribution in [0.1, 0.15) is 6.42 Å². The minimum atomic E-state index is -0.264. The second kappa shape index (κ2) is 4.40. The lowest BCUT2D eigenvalue weighted by molar-refractivity contribution is 0.198. The molecule has 1 aliphatic heterocycles. The number of rotatable bonds is 1. The van der Waals surface area contributed by atoms with Gasteiger partial charge in [0.25, 0.3) is 0 Å². The highest BCUT2D eigenvalue weighted by Crippen LogP contribution is 2.34. The maximum Gasteiger partial charge on any atom is 0.0745 e. The van der Waals surface area contributed by atoms with Crippen molar-refractivity contribution in [3.05, 3.63) is 28.9 Å². The van der Waals surface area contributed by atoms with Crippen LogP contribution in [0.3, 0.4) is 0 Å². The van der Waals surface area contributed by atoms with E-state index in [2.05, 4.69) is 25.8 Å². The molecule has 18 heavy (non-hydrogen) atoms. The van der Waals surface area contributed by atoms with Gasteiger partial charge in [0, 0.05) is 22.9 Å². The fraction of sp³-hybridized carbons (Fsp3) is 0.308. The first-order valence-electron chi connectivity index (χ1n) is 5.92. The highest BCUT2D eigenvalue weighted by molar-refractivity contribution is 9.10. The van der Waals surface area contributed by atoms with Crippen molar-refractivity contribution < 1.29 is 5.11 Å². The normalized spacial score (nSPS) is 19.7. The molecule has 2 heterocycles. The van der Waals surface area contributed by atoms with Gasteiger partial charge in [-0.25, -0.2) is 0 Å². The fourth-order valence-electron chi connectivity index (χ4n) is 2.46. The van der Waals surface area contributed by atoms with Crippen molar-refractivity contribution in [1.82, 2.24) is 4.98 Å². The van der Waals surface area contributed by atoms with Gasteiger partial charge < -0.3 is 15.7 Å². The largest absolute Gasteiger partial charge is 0.396 e. The standard InChI is InChI=1S/C13H14BrN3O/c14-8-1-2-12-10(5-8)13(11(15)6-16-12)17-4-3-9(18)7-17/h1-2,5-6,9,18H,3-4,7,15H2. The van der Waals surface area contributed by atoms with Crippen LogP contribution >= 0.6 is 15.9 Å². The average Bonchev–Trinajstić information content (AvgIpc) is 2.75.